The number of carbonyl (C=O) groups excluding carboxylic acids is 2. The normalized spacial score (nSPS) is 27.0. The van der Waals surface area contributed by atoms with Crippen molar-refractivity contribution < 1.29 is 9.59 Å². The van der Waals surface area contributed by atoms with Gasteiger partial charge < -0.3 is 10.2 Å². The maximum atomic E-state index is 12.2. The van der Waals surface area contributed by atoms with Gasteiger partial charge in [-0.15, -0.1) is 0 Å². The van der Waals surface area contributed by atoms with Crippen molar-refractivity contribution in [2.45, 2.75) is 36.1 Å². The molecule has 1 fully saturated rings. The molecule has 1 N–H and O–H groups in total. The summed E-state index contributed by atoms with van der Waals surface area (Å²) in [6.45, 7) is 4.36. The van der Waals surface area contributed by atoms with Crippen LogP contribution >= 0.6 is 95.6 Å². The third-order valence-electron chi connectivity index (χ3n) is 3.16. The molecule has 0 aromatic rings. The summed E-state index contributed by atoms with van der Waals surface area (Å²) in [7, 11) is 0. The van der Waals surface area contributed by atoms with E-state index in [1.54, 1.807) is 4.90 Å². The summed E-state index contributed by atoms with van der Waals surface area (Å²) >= 11 is 19.2. The van der Waals surface area contributed by atoms with E-state index >= 15 is 0 Å². The molecule has 0 aromatic heterocycles. The SMILES string of the molecule is CCC1N(C(=O)C(Br)(Br)Br)CC1(C)NC(=O)C(Br)(Br)Br. The van der Waals surface area contributed by atoms with Gasteiger partial charge in [0.25, 0.3) is 11.8 Å². The van der Waals surface area contributed by atoms with Gasteiger partial charge in [0, 0.05) is 6.54 Å². The Morgan fingerprint density at radius 2 is 1.70 bits per heavy atom. The van der Waals surface area contributed by atoms with Gasteiger partial charge >= 0.3 is 0 Å². The standard InChI is InChI=1S/C10H12Br6N2O2/c1-3-5-8(2,17-6(19)9(11,12)13)4-18(5)7(20)10(14,15)16/h5H,3-4H2,1-2H3,(H,17,19). The summed E-state index contributed by atoms with van der Waals surface area (Å²) in [5, 5.41) is 2.95. The van der Waals surface area contributed by atoms with E-state index in [2.05, 4.69) is 101 Å². The van der Waals surface area contributed by atoms with Crippen LogP contribution in [0.3, 0.4) is 0 Å². The van der Waals surface area contributed by atoms with Gasteiger partial charge in [0.2, 0.25) is 4.29 Å². The van der Waals surface area contributed by atoms with Crippen molar-refractivity contribution in [1.29, 1.82) is 0 Å². The molecule has 1 aliphatic heterocycles. The van der Waals surface area contributed by atoms with Crippen LogP contribution in [0.5, 0.6) is 0 Å². The molecule has 10 heteroatoms. The Morgan fingerprint density at radius 3 is 2.05 bits per heavy atom. The first-order chi connectivity index (χ1) is 8.83. The number of nitrogens with one attached hydrogen (secondary N) is 1. The minimum absolute atomic E-state index is 0.0687. The third-order valence-corrected chi connectivity index (χ3v) is 5.26. The Morgan fingerprint density at radius 1 is 1.20 bits per heavy atom. The molecule has 2 atom stereocenters. The van der Waals surface area contributed by atoms with Crippen LogP contribution in [0, 0.1) is 0 Å². The van der Waals surface area contributed by atoms with Gasteiger partial charge in [-0.2, -0.15) is 0 Å². The lowest BCUT2D eigenvalue weighted by atomic mass is 9.79. The van der Waals surface area contributed by atoms with Gasteiger partial charge in [-0.3, -0.25) is 9.59 Å². The highest BCUT2D eigenvalue weighted by Gasteiger charge is 2.55. The highest BCUT2D eigenvalue weighted by Crippen LogP contribution is 2.42. The molecule has 0 spiro atoms. The Balaban J connectivity index is 2.82. The lowest BCUT2D eigenvalue weighted by Crippen LogP contribution is -2.77. The Labute approximate surface area is 168 Å². The summed E-state index contributed by atoms with van der Waals surface area (Å²) in [6, 6.07) is -0.0687. The van der Waals surface area contributed by atoms with Crippen molar-refractivity contribution in [2.24, 2.45) is 0 Å². The summed E-state index contributed by atoms with van der Waals surface area (Å²) in [5.41, 5.74) is -0.458. The lowest BCUT2D eigenvalue weighted by molar-refractivity contribution is -0.148. The number of amides is 2. The second-order valence-corrected chi connectivity index (χ2v) is 18.2. The fourth-order valence-corrected chi connectivity index (χ4v) is 3.28. The van der Waals surface area contributed by atoms with E-state index < -0.39 is 9.82 Å². The van der Waals surface area contributed by atoms with Crippen molar-refractivity contribution in [2.75, 3.05) is 6.54 Å². The van der Waals surface area contributed by atoms with E-state index in [1.165, 1.54) is 0 Å². The van der Waals surface area contributed by atoms with Crippen molar-refractivity contribution in [3.63, 3.8) is 0 Å². The predicted molar refractivity (Wildman–Crippen MR) is 101 cm³/mol. The minimum atomic E-state index is -0.997. The second-order valence-electron chi connectivity index (χ2n) is 4.72. The molecule has 0 saturated carbocycles. The number of halogens is 6. The molecule has 116 valence electrons. The van der Waals surface area contributed by atoms with Gasteiger partial charge in [-0.05, 0) is 109 Å². The quantitative estimate of drug-likeness (QED) is 0.449. The zero-order valence-electron chi connectivity index (χ0n) is 10.5. The number of hydrogen-bond acceptors (Lipinski definition) is 2. The first kappa shape index (κ1) is 19.9. The van der Waals surface area contributed by atoms with Crippen molar-refractivity contribution in [3.8, 4) is 0 Å². The maximum absolute atomic E-state index is 12.2. The van der Waals surface area contributed by atoms with E-state index in [0.717, 1.165) is 6.42 Å². The number of alkyl halides is 6. The summed E-state index contributed by atoms with van der Waals surface area (Å²) in [6.07, 6.45) is 0.742. The van der Waals surface area contributed by atoms with E-state index in [4.69, 9.17) is 0 Å². The molecule has 0 bridgehead atoms. The smallest absolute Gasteiger partial charge is 0.261 e. The van der Waals surface area contributed by atoms with E-state index in [-0.39, 0.29) is 17.9 Å². The van der Waals surface area contributed by atoms with Crippen molar-refractivity contribution in [1.82, 2.24) is 10.2 Å². The average molecular weight is 672 g/mol. The molecule has 20 heavy (non-hydrogen) atoms. The summed E-state index contributed by atoms with van der Waals surface area (Å²) in [5.74, 6) is -0.368. The van der Waals surface area contributed by atoms with E-state index in [9.17, 15) is 9.59 Å². The fraction of sp³-hybridized carbons (Fsp3) is 0.800. The number of likely N-dealkylation sites (tertiary alicyclic amines) is 1. The van der Waals surface area contributed by atoms with E-state index in [0.29, 0.717) is 6.54 Å². The maximum Gasteiger partial charge on any atom is 0.261 e. The molecular formula is C10H12Br6N2O2. The number of rotatable bonds is 2. The largest absolute Gasteiger partial charge is 0.344 e. The number of hydrogen-bond donors (Lipinski definition) is 1. The van der Waals surface area contributed by atoms with Gasteiger partial charge in [0.1, 0.15) is 0 Å². The van der Waals surface area contributed by atoms with Gasteiger partial charge in [-0.25, -0.2) is 0 Å². The molecule has 0 radical (unpaired) electrons. The Bertz CT molecular complexity index is 419. The topological polar surface area (TPSA) is 49.4 Å². The van der Waals surface area contributed by atoms with Crippen LogP contribution in [-0.2, 0) is 9.59 Å². The van der Waals surface area contributed by atoms with Crippen LogP contribution in [0.4, 0.5) is 0 Å². The van der Waals surface area contributed by atoms with Crippen LogP contribution in [-0.4, -0.2) is 39.1 Å². The predicted octanol–water partition coefficient (Wildman–Crippen LogP) is 4.16. The highest BCUT2D eigenvalue weighted by atomic mass is 80.0. The molecule has 1 rings (SSSR count). The van der Waals surface area contributed by atoms with Crippen molar-refractivity contribution in [3.05, 3.63) is 0 Å². The van der Waals surface area contributed by atoms with Crippen LogP contribution in [0.1, 0.15) is 20.3 Å². The molecule has 0 aliphatic carbocycles. The molecule has 1 heterocycles. The first-order valence-corrected chi connectivity index (χ1v) is 10.4. The fourth-order valence-electron chi connectivity index (χ4n) is 2.30. The Hall–Kier alpha value is 1.82. The first-order valence-electron chi connectivity index (χ1n) is 5.60. The molecular weight excluding hydrogens is 660 g/mol. The van der Waals surface area contributed by atoms with Crippen molar-refractivity contribution >= 4 is 107 Å². The number of nitrogens with zero attached hydrogens (tertiary/aromatic N) is 1. The van der Waals surface area contributed by atoms with E-state index in [1.807, 2.05) is 13.8 Å². The molecule has 1 saturated heterocycles. The zero-order chi connectivity index (χ0) is 15.9. The highest BCUT2D eigenvalue weighted by molar-refractivity contribution is 9.40. The molecule has 4 nitrogen and oxygen atoms in total. The minimum Gasteiger partial charge on any atom is -0.344 e. The van der Waals surface area contributed by atoms with Gasteiger partial charge in [0.05, 0.1) is 11.6 Å². The second kappa shape index (κ2) is 6.75. The van der Waals surface area contributed by atoms with Gasteiger partial charge in [0.15, 0.2) is 0 Å². The molecule has 1 aliphatic rings. The zero-order valence-corrected chi connectivity index (χ0v) is 20.0. The number of carbonyl (C=O) groups is 2. The molecule has 0 aromatic carbocycles. The summed E-state index contributed by atoms with van der Waals surface area (Å²) < 4.78 is -1.96. The lowest BCUT2D eigenvalue weighted by Gasteiger charge is -2.56. The van der Waals surface area contributed by atoms with Crippen LogP contribution in [0.15, 0.2) is 0 Å². The summed E-state index contributed by atoms with van der Waals surface area (Å²) in [4.78, 5) is 26.0. The average Bonchev–Trinajstić information content (AvgIpc) is 2.23. The monoisotopic (exact) mass is 666 g/mol. The van der Waals surface area contributed by atoms with Gasteiger partial charge in [-0.1, -0.05) is 6.92 Å². The van der Waals surface area contributed by atoms with Crippen LogP contribution in [0.2, 0.25) is 0 Å². The third kappa shape index (κ3) is 4.43. The molecule has 2 unspecified atom stereocenters. The Kier molecular flexibility index (Phi) is 6.70. The van der Waals surface area contributed by atoms with Crippen LogP contribution in [0.25, 0.3) is 0 Å². The molecule has 2 amide bonds. The van der Waals surface area contributed by atoms with Crippen LogP contribution < -0.4 is 5.32 Å².